The van der Waals surface area contributed by atoms with Crippen molar-refractivity contribution >= 4 is 17.7 Å². The molecule has 0 unspecified atom stereocenters. The number of nitrogens with two attached hydrogens (primary N) is 1. The van der Waals surface area contributed by atoms with Crippen molar-refractivity contribution in [3.8, 4) is 5.75 Å². The summed E-state index contributed by atoms with van der Waals surface area (Å²) in [6.45, 7) is 2.30. The number of nitrogens with one attached hydrogen (secondary N) is 1. The Morgan fingerprint density at radius 1 is 1.41 bits per heavy atom. The minimum Gasteiger partial charge on any atom is -0.496 e. The van der Waals surface area contributed by atoms with Crippen LogP contribution in [0.25, 0.3) is 0 Å². The van der Waals surface area contributed by atoms with Crippen LogP contribution in [0.5, 0.6) is 5.75 Å². The zero-order valence-corrected chi connectivity index (χ0v) is 13.4. The monoisotopic (exact) mass is 321 g/mol. The van der Waals surface area contributed by atoms with Crippen molar-refractivity contribution < 1.29 is 9.53 Å². The molecule has 0 saturated carbocycles. The second-order valence-electron chi connectivity index (χ2n) is 4.60. The summed E-state index contributed by atoms with van der Waals surface area (Å²) in [4.78, 5) is 11.8. The molecule has 1 aromatic heterocycles. The molecule has 22 heavy (non-hydrogen) atoms. The molecule has 1 aromatic carbocycles. The van der Waals surface area contributed by atoms with Crippen molar-refractivity contribution in [1.29, 1.82) is 0 Å². The Balaban J connectivity index is 1.75. The van der Waals surface area contributed by atoms with Gasteiger partial charge in [0.2, 0.25) is 11.1 Å². The Hall–Kier alpha value is -2.22. The van der Waals surface area contributed by atoms with Gasteiger partial charge in [0.1, 0.15) is 11.6 Å². The first-order valence-corrected chi connectivity index (χ1v) is 7.79. The van der Waals surface area contributed by atoms with Gasteiger partial charge < -0.3 is 15.9 Å². The number of thioether (sulfide) groups is 1. The molecule has 2 aromatic rings. The number of nitrogens with zero attached hydrogens (tertiary/aromatic N) is 3. The van der Waals surface area contributed by atoms with Gasteiger partial charge in [-0.1, -0.05) is 30.0 Å². The third-order valence-corrected chi connectivity index (χ3v) is 4.02. The van der Waals surface area contributed by atoms with Crippen LogP contribution in [-0.4, -0.2) is 40.2 Å². The van der Waals surface area contributed by atoms with Gasteiger partial charge in [0, 0.05) is 6.54 Å². The highest BCUT2D eigenvalue weighted by Crippen LogP contribution is 2.17. The van der Waals surface area contributed by atoms with E-state index in [-0.39, 0.29) is 11.7 Å². The van der Waals surface area contributed by atoms with E-state index in [1.165, 1.54) is 16.4 Å². The molecule has 0 aliphatic heterocycles. The minimum absolute atomic E-state index is 0.0689. The normalized spacial score (nSPS) is 10.5. The summed E-state index contributed by atoms with van der Waals surface area (Å²) in [6.07, 6.45) is 0.715. The molecule has 0 bridgehead atoms. The first-order chi connectivity index (χ1) is 10.6. The van der Waals surface area contributed by atoms with Crippen LogP contribution in [0.15, 0.2) is 29.4 Å². The van der Waals surface area contributed by atoms with Gasteiger partial charge in [0.25, 0.3) is 0 Å². The fourth-order valence-corrected chi connectivity index (χ4v) is 2.61. The minimum atomic E-state index is -0.0689. The molecule has 0 fully saturated rings. The number of nitrogen functional groups attached to an aromatic ring is 1. The molecule has 0 saturated heterocycles. The number of hydrogen-bond donors (Lipinski definition) is 2. The summed E-state index contributed by atoms with van der Waals surface area (Å²) in [5, 5.41) is 11.1. The van der Waals surface area contributed by atoms with E-state index in [0.29, 0.717) is 23.9 Å². The zero-order chi connectivity index (χ0) is 15.9. The van der Waals surface area contributed by atoms with Gasteiger partial charge in [0.15, 0.2) is 0 Å². The van der Waals surface area contributed by atoms with Gasteiger partial charge >= 0.3 is 0 Å². The van der Waals surface area contributed by atoms with E-state index >= 15 is 0 Å². The molecule has 1 heterocycles. The second-order valence-corrected chi connectivity index (χ2v) is 5.54. The van der Waals surface area contributed by atoms with Crippen molar-refractivity contribution in [3.63, 3.8) is 0 Å². The molecule has 0 spiro atoms. The highest BCUT2D eigenvalue weighted by molar-refractivity contribution is 7.99. The molecule has 2 rings (SSSR count). The lowest BCUT2D eigenvalue weighted by atomic mass is 10.1. The second kappa shape index (κ2) is 7.69. The fraction of sp³-hybridized carbons (Fsp3) is 0.357. The number of hydrogen-bond acceptors (Lipinski definition) is 6. The third-order valence-electron chi connectivity index (χ3n) is 3.08. The molecular formula is C14H19N5O2S. The summed E-state index contributed by atoms with van der Waals surface area (Å²) < 4.78 is 6.64. The van der Waals surface area contributed by atoms with Crippen LogP contribution < -0.4 is 15.9 Å². The number of aromatic nitrogens is 3. The average Bonchev–Trinajstić information content (AvgIpc) is 2.85. The van der Waals surface area contributed by atoms with Gasteiger partial charge in [-0.05, 0) is 25.0 Å². The molecule has 0 aliphatic carbocycles. The quantitative estimate of drug-likeness (QED) is 0.577. The van der Waals surface area contributed by atoms with Crippen molar-refractivity contribution in [1.82, 2.24) is 20.2 Å². The van der Waals surface area contributed by atoms with Crippen LogP contribution >= 0.6 is 11.8 Å². The highest BCUT2D eigenvalue weighted by Gasteiger charge is 2.09. The van der Waals surface area contributed by atoms with E-state index in [2.05, 4.69) is 15.5 Å². The van der Waals surface area contributed by atoms with Crippen LogP contribution in [-0.2, 0) is 11.2 Å². The predicted molar refractivity (Wildman–Crippen MR) is 85.3 cm³/mol. The predicted octanol–water partition coefficient (Wildman–Crippen LogP) is 0.760. The molecule has 3 N–H and O–H groups in total. The molecule has 118 valence electrons. The highest BCUT2D eigenvalue weighted by atomic mass is 32.2. The molecule has 0 aliphatic rings. The average molecular weight is 321 g/mol. The number of para-hydroxylation sites is 1. The van der Waals surface area contributed by atoms with Crippen molar-refractivity contribution in [2.45, 2.75) is 18.5 Å². The number of amides is 1. The topological polar surface area (TPSA) is 95.1 Å². The number of benzene rings is 1. The Morgan fingerprint density at radius 2 is 2.18 bits per heavy atom. The first kappa shape index (κ1) is 16.2. The standard InChI is InChI=1S/C14H19N5O2S/c1-10-17-18-14(19(10)15)22-9-13(20)16-8-7-11-5-3-4-6-12(11)21-2/h3-6H,7-9,15H2,1-2H3,(H,16,20). The Labute approximate surface area is 133 Å². The third kappa shape index (κ3) is 4.14. The SMILES string of the molecule is COc1ccccc1CCNC(=O)CSc1nnc(C)n1N. The van der Waals surface area contributed by atoms with Crippen LogP contribution in [0.3, 0.4) is 0 Å². The van der Waals surface area contributed by atoms with Gasteiger partial charge in [-0.3, -0.25) is 4.79 Å². The van der Waals surface area contributed by atoms with Crippen LogP contribution in [0.2, 0.25) is 0 Å². The maximum absolute atomic E-state index is 11.8. The van der Waals surface area contributed by atoms with Gasteiger partial charge in [-0.25, -0.2) is 4.68 Å². The van der Waals surface area contributed by atoms with E-state index in [1.54, 1.807) is 14.0 Å². The first-order valence-electron chi connectivity index (χ1n) is 6.80. The summed E-state index contributed by atoms with van der Waals surface area (Å²) >= 11 is 1.26. The van der Waals surface area contributed by atoms with E-state index < -0.39 is 0 Å². The van der Waals surface area contributed by atoms with Crippen LogP contribution in [0.1, 0.15) is 11.4 Å². The van der Waals surface area contributed by atoms with Gasteiger partial charge in [-0.15, -0.1) is 10.2 Å². The lowest BCUT2D eigenvalue weighted by Gasteiger charge is -2.09. The summed E-state index contributed by atoms with van der Waals surface area (Å²) in [6, 6.07) is 7.76. The molecule has 7 nitrogen and oxygen atoms in total. The van der Waals surface area contributed by atoms with Crippen LogP contribution in [0.4, 0.5) is 0 Å². The van der Waals surface area contributed by atoms with Crippen molar-refractivity contribution in [3.05, 3.63) is 35.7 Å². The van der Waals surface area contributed by atoms with Gasteiger partial charge in [-0.2, -0.15) is 0 Å². The Bertz CT molecular complexity index is 644. The number of carbonyl (C=O) groups is 1. The van der Waals surface area contributed by atoms with Crippen molar-refractivity contribution in [2.24, 2.45) is 0 Å². The van der Waals surface area contributed by atoms with E-state index in [9.17, 15) is 4.79 Å². The van der Waals surface area contributed by atoms with E-state index in [4.69, 9.17) is 10.6 Å². The number of carbonyl (C=O) groups excluding carboxylic acids is 1. The lowest BCUT2D eigenvalue weighted by Crippen LogP contribution is -2.27. The molecular weight excluding hydrogens is 302 g/mol. The fourth-order valence-electron chi connectivity index (χ4n) is 1.88. The molecule has 1 amide bonds. The lowest BCUT2D eigenvalue weighted by molar-refractivity contribution is -0.118. The van der Waals surface area contributed by atoms with Crippen LogP contribution in [0, 0.1) is 6.92 Å². The van der Waals surface area contributed by atoms with Gasteiger partial charge in [0.05, 0.1) is 12.9 Å². The zero-order valence-electron chi connectivity index (χ0n) is 12.6. The Kier molecular flexibility index (Phi) is 5.65. The number of methoxy groups -OCH3 is 1. The maximum Gasteiger partial charge on any atom is 0.230 e. The van der Waals surface area contributed by atoms with E-state index in [1.807, 2.05) is 24.3 Å². The summed E-state index contributed by atoms with van der Waals surface area (Å²) in [5.41, 5.74) is 1.07. The molecule has 0 radical (unpaired) electrons. The maximum atomic E-state index is 11.8. The molecule has 0 atom stereocenters. The summed E-state index contributed by atoms with van der Waals surface area (Å²) in [7, 11) is 1.64. The smallest absolute Gasteiger partial charge is 0.230 e. The van der Waals surface area contributed by atoms with E-state index in [0.717, 1.165) is 11.3 Å². The number of aryl methyl sites for hydroxylation is 1. The largest absolute Gasteiger partial charge is 0.496 e. The Morgan fingerprint density at radius 3 is 2.86 bits per heavy atom. The van der Waals surface area contributed by atoms with Crippen molar-refractivity contribution in [2.75, 3.05) is 25.3 Å². The number of rotatable bonds is 7. The molecule has 8 heteroatoms. The summed E-state index contributed by atoms with van der Waals surface area (Å²) in [5.74, 6) is 7.35. The number of ether oxygens (including phenoxy) is 1.